The number of hydrogen-bond acceptors (Lipinski definition) is 5. The van der Waals surface area contributed by atoms with Crippen LogP contribution in [0.2, 0.25) is 0 Å². The van der Waals surface area contributed by atoms with E-state index in [1.165, 1.54) is 37.0 Å². The Kier molecular flexibility index (Phi) is 7.77. The predicted octanol–water partition coefficient (Wildman–Crippen LogP) is 6.67. The van der Waals surface area contributed by atoms with Gasteiger partial charge in [0.25, 0.3) is 5.91 Å². The molecule has 0 unspecified atom stereocenters. The molecule has 1 aliphatic heterocycles. The minimum absolute atomic E-state index is 0.0943. The predicted molar refractivity (Wildman–Crippen MR) is 165 cm³/mol. The van der Waals surface area contributed by atoms with Crippen molar-refractivity contribution in [3.05, 3.63) is 77.4 Å². The Morgan fingerprint density at radius 2 is 1.81 bits per heavy atom. The van der Waals surface area contributed by atoms with E-state index in [1.807, 2.05) is 30.3 Å². The van der Waals surface area contributed by atoms with Crippen molar-refractivity contribution >= 4 is 22.8 Å². The van der Waals surface area contributed by atoms with Gasteiger partial charge >= 0.3 is 5.97 Å². The van der Waals surface area contributed by atoms with E-state index < -0.39 is 17.4 Å². The number of carboxylic acids is 1. The number of fused-ring (bicyclic) bond motifs is 5. The number of rotatable bonds is 8. The average molecular weight is 583 g/mol. The van der Waals surface area contributed by atoms with Gasteiger partial charge in [-0.1, -0.05) is 44.4 Å². The number of nitrogens with zero attached hydrogens (tertiary/aromatic N) is 1. The van der Waals surface area contributed by atoms with Gasteiger partial charge in [-0.05, 0) is 72.7 Å². The van der Waals surface area contributed by atoms with Gasteiger partial charge in [0.2, 0.25) is 0 Å². The van der Waals surface area contributed by atoms with Crippen molar-refractivity contribution in [1.82, 2.24) is 9.88 Å². The highest BCUT2D eigenvalue weighted by Gasteiger charge is 2.39. The van der Waals surface area contributed by atoms with Crippen LogP contribution in [0.25, 0.3) is 22.2 Å². The Morgan fingerprint density at radius 1 is 1.05 bits per heavy atom. The van der Waals surface area contributed by atoms with Crippen LogP contribution in [0.15, 0.2) is 60.7 Å². The number of nitrogens with one attached hydrogen (secondary N) is 1. The molecule has 0 spiro atoms. The maximum atomic E-state index is 13.8. The number of aromatic hydroxyl groups is 1. The minimum Gasteiger partial charge on any atom is -0.508 e. The molecule has 3 N–H and O–H groups in total. The molecule has 8 nitrogen and oxygen atoms in total. The number of ether oxygens (including phenoxy) is 2. The second-order valence-electron chi connectivity index (χ2n) is 11.7. The van der Waals surface area contributed by atoms with Gasteiger partial charge in [0.15, 0.2) is 0 Å². The van der Waals surface area contributed by atoms with E-state index in [9.17, 15) is 19.8 Å². The summed E-state index contributed by atoms with van der Waals surface area (Å²) in [5.41, 5.74) is 4.03. The summed E-state index contributed by atoms with van der Waals surface area (Å²) in [7, 11) is 1.65. The summed E-state index contributed by atoms with van der Waals surface area (Å²) in [4.78, 5) is 26.3. The van der Waals surface area contributed by atoms with Crippen LogP contribution in [-0.2, 0) is 17.8 Å². The highest BCUT2D eigenvalue weighted by Crippen LogP contribution is 2.47. The molecule has 1 saturated carbocycles. The van der Waals surface area contributed by atoms with E-state index in [-0.39, 0.29) is 18.6 Å². The first-order chi connectivity index (χ1) is 20.8. The molecule has 43 heavy (non-hydrogen) atoms. The van der Waals surface area contributed by atoms with Crippen LogP contribution in [0.1, 0.15) is 72.9 Å². The number of amides is 1. The van der Waals surface area contributed by atoms with Crippen LogP contribution < -0.4 is 14.8 Å². The van der Waals surface area contributed by atoms with Crippen molar-refractivity contribution in [2.24, 2.45) is 0 Å². The van der Waals surface area contributed by atoms with Gasteiger partial charge in [0.1, 0.15) is 29.4 Å². The molecule has 0 saturated heterocycles. The third-order valence-electron chi connectivity index (χ3n) is 9.20. The molecule has 1 aliphatic carbocycles. The first-order valence-electron chi connectivity index (χ1n) is 15.1. The topological polar surface area (TPSA) is 110 Å². The smallest absolute Gasteiger partial charge is 0.329 e. The fraction of sp³-hybridized carbons (Fsp3) is 0.371. The molecule has 0 radical (unpaired) electrons. The number of phenolic OH excluding ortho intramolecular Hbond substituents is 1. The monoisotopic (exact) mass is 582 g/mol. The van der Waals surface area contributed by atoms with E-state index >= 15 is 0 Å². The molecule has 4 aromatic rings. The normalized spacial score (nSPS) is 16.3. The number of carbonyl (C=O) groups is 2. The van der Waals surface area contributed by atoms with E-state index in [0.29, 0.717) is 30.2 Å². The summed E-state index contributed by atoms with van der Waals surface area (Å²) in [5.74, 6) is 0.508. The maximum Gasteiger partial charge on any atom is 0.329 e. The molecule has 1 aromatic heterocycles. The average Bonchev–Trinajstić information content (AvgIpc) is 3.22. The Balaban J connectivity index is 1.43. The molecule has 2 aliphatic rings. The van der Waals surface area contributed by atoms with Crippen LogP contribution in [0.5, 0.6) is 17.2 Å². The Morgan fingerprint density at radius 3 is 2.51 bits per heavy atom. The molecule has 8 heteroatoms. The Hall–Kier alpha value is -4.46. The second-order valence-corrected chi connectivity index (χ2v) is 11.7. The van der Waals surface area contributed by atoms with Gasteiger partial charge < -0.3 is 29.6 Å². The molecule has 1 fully saturated rings. The zero-order valence-electron chi connectivity index (χ0n) is 24.7. The lowest BCUT2D eigenvalue weighted by atomic mass is 9.81. The third kappa shape index (κ3) is 5.31. The second kappa shape index (κ2) is 11.7. The Bertz CT molecular complexity index is 1670. The number of carboxylic acid groups (broad SMARTS) is 1. The summed E-state index contributed by atoms with van der Waals surface area (Å²) >= 11 is 0. The van der Waals surface area contributed by atoms with Crippen LogP contribution in [0.3, 0.4) is 0 Å². The first kappa shape index (κ1) is 28.6. The van der Waals surface area contributed by atoms with Crippen LogP contribution in [-0.4, -0.2) is 45.9 Å². The summed E-state index contributed by atoms with van der Waals surface area (Å²) in [6, 6.07) is 18.1. The van der Waals surface area contributed by atoms with Crippen LogP contribution in [0.4, 0.5) is 0 Å². The fourth-order valence-corrected chi connectivity index (χ4v) is 6.83. The van der Waals surface area contributed by atoms with E-state index in [0.717, 1.165) is 46.5 Å². The molecular weight excluding hydrogens is 544 g/mol. The molecule has 3 aromatic carbocycles. The minimum atomic E-state index is -1.50. The summed E-state index contributed by atoms with van der Waals surface area (Å²) in [6.07, 6.45) is 6.17. The Labute approximate surface area is 251 Å². The number of aliphatic carboxylic acids is 1. The van der Waals surface area contributed by atoms with Gasteiger partial charge in [-0.2, -0.15) is 0 Å². The number of phenols is 1. The van der Waals surface area contributed by atoms with Crippen molar-refractivity contribution in [2.45, 2.75) is 69.9 Å². The highest BCUT2D eigenvalue weighted by molar-refractivity contribution is 6.03. The largest absolute Gasteiger partial charge is 0.508 e. The van der Waals surface area contributed by atoms with Crippen molar-refractivity contribution in [2.75, 3.05) is 13.7 Å². The zero-order valence-corrected chi connectivity index (χ0v) is 24.7. The molecule has 6 rings (SSSR count). The van der Waals surface area contributed by atoms with Crippen molar-refractivity contribution < 1.29 is 29.3 Å². The molecule has 224 valence electrons. The van der Waals surface area contributed by atoms with Gasteiger partial charge in [-0.3, -0.25) is 4.79 Å². The lowest BCUT2D eigenvalue weighted by molar-refractivity contribution is -0.144. The fourth-order valence-electron chi connectivity index (χ4n) is 6.83. The number of methoxy groups -OCH3 is 1. The summed E-state index contributed by atoms with van der Waals surface area (Å²) < 4.78 is 14.0. The first-order valence-corrected chi connectivity index (χ1v) is 15.1. The van der Waals surface area contributed by atoms with Crippen LogP contribution >= 0.6 is 0 Å². The lowest BCUT2D eigenvalue weighted by Crippen LogP contribution is -2.55. The van der Waals surface area contributed by atoms with Crippen LogP contribution in [0, 0.1) is 0 Å². The number of hydrogen-bond donors (Lipinski definition) is 3. The van der Waals surface area contributed by atoms with Gasteiger partial charge in [-0.15, -0.1) is 0 Å². The molecule has 2 heterocycles. The van der Waals surface area contributed by atoms with Gasteiger partial charge in [0, 0.05) is 34.5 Å². The summed E-state index contributed by atoms with van der Waals surface area (Å²) in [5, 5.41) is 23.9. The van der Waals surface area contributed by atoms with Gasteiger partial charge in [0.05, 0.1) is 19.3 Å². The lowest BCUT2D eigenvalue weighted by Gasteiger charge is -2.29. The van der Waals surface area contributed by atoms with E-state index in [4.69, 9.17) is 9.47 Å². The van der Waals surface area contributed by atoms with Crippen molar-refractivity contribution in [1.29, 1.82) is 0 Å². The molecule has 0 bridgehead atoms. The number of benzene rings is 3. The SMILES string of the molecule is CC[C@@](Cc1ccc(O)cc1)(NC(=O)c1ccc2c(C3CCCCC3)c3n(c2c1)CCOc1cc(OC)ccc1-3)C(=O)O. The van der Waals surface area contributed by atoms with Gasteiger partial charge in [-0.25, -0.2) is 4.79 Å². The third-order valence-corrected chi connectivity index (χ3v) is 9.20. The van der Waals surface area contributed by atoms with E-state index in [1.54, 1.807) is 26.2 Å². The summed E-state index contributed by atoms with van der Waals surface area (Å²) in [6.45, 7) is 2.85. The highest BCUT2D eigenvalue weighted by atomic mass is 16.5. The molecule has 1 atom stereocenters. The zero-order chi connectivity index (χ0) is 30.1. The van der Waals surface area contributed by atoms with Crippen molar-refractivity contribution in [3.8, 4) is 28.5 Å². The number of carbonyl (C=O) groups excluding carboxylic acids is 1. The maximum absolute atomic E-state index is 13.8. The standard InChI is InChI=1S/C35H38N2O6/c1-3-35(34(40)41,21-22-9-12-25(38)13-10-22)36-33(39)24-11-15-27-29(19-24)37-17-18-43-30-20-26(42-2)14-16-28(30)32(37)31(27)23-7-5-4-6-8-23/h9-16,19-20,23,38H,3-8,17-18,21H2,1-2H3,(H,36,39)(H,40,41)/t35-/m0/s1. The molecular formula is C35H38N2O6. The quantitative estimate of drug-likeness (QED) is 0.214. The number of aromatic nitrogens is 1. The molecule has 1 amide bonds. The van der Waals surface area contributed by atoms with Crippen molar-refractivity contribution in [3.63, 3.8) is 0 Å². The van der Waals surface area contributed by atoms with E-state index in [2.05, 4.69) is 16.0 Å².